The topological polar surface area (TPSA) is 73.1 Å². The summed E-state index contributed by atoms with van der Waals surface area (Å²) in [5.41, 5.74) is 2.33. The molecule has 0 bridgehead atoms. The van der Waals surface area contributed by atoms with E-state index in [1.165, 1.54) is 0 Å². The fourth-order valence-corrected chi connectivity index (χ4v) is 3.56. The quantitative estimate of drug-likeness (QED) is 0.697. The molecule has 1 fully saturated rings. The van der Waals surface area contributed by atoms with E-state index in [9.17, 15) is 4.79 Å². The first kappa shape index (κ1) is 18.2. The van der Waals surface area contributed by atoms with E-state index in [0.717, 1.165) is 36.5 Å². The molecular formula is C21H23N5O2. The van der Waals surface area contributed by atoms with Gasteiger partial charge in [-0.25, -0.2) is 4.98 Å². The van der Waals surface area contributed by atoms with Crippen molar-refractivity contribution in [3.8, 4) is 11.6 Å². The van der Waals surface area contributed by atoms with Gasteiger partial charge in [-0.15, -0.1) is 0 Å². The Kier molecular flexibility index (Phi) is 5.06. The highest BCUT2D eigenvalue weighted by Crippen LogP contribution is 2.33. The zero-order chi connectivity index (χ0) is 19.5. The summed E-state index contributed by atoms with van der Waals surface area (Å²) in [6, 6.07) is 9.56. The summed E-state index contributed by atoms with van der Waals surface area (Å²) < 4.78 is 7.70. The van der Waals surface area contributed by atoms with Gasteiger partial charge >= 0.3 is 0 Å². The Morgan fingerprint density at radius 1 is 1.18 bits per heavy atom. The minimum atomic E-state index is 0.0183. The van der Waals surface area contributed by atoms with Crippen molar-refractivity contribution in [2.24, 2.45) is 7.05 Å². The summed E-state index contributed by atoms with van der Waals surface area (Å²) >= 11 is 0. The van der Waals surface area contributed by atoms with E-state index < -0.39 is 0 Å². The molecule has 7 nitrogen and oxygen atoms in total. The molecule has 3 heterocycles. The molecule has 3 aromatic rings. The van der Waals surface area contributed by atoms with Gasteiger partial charge < -0.3 is 9.64 Å². The molecule has 0 saturated carbocycles. The number of piperidine rings is 1. The first-order chi connectivity index (χ1) is 13.6. The predicted molar refractivity (Wildman–Crippen MR) is 104 cm³/mol. The molecule has 1 unspecified atom stereocenters. The number of carbonyl (C=O) groups is 1. The first-order valence-corrected chi connectivity index (χ1v) is 9.45. The van der Waals surface area contributed by atoms with E-state index in [-0.39, 0.29) is 11.8 Å². The summed E-state index contributed by atoms with van der Waals surface area (Å²) in [5, 5.41) is 4.20. The number of carbonyl (C=O) groups excluding carboxylic acids is 1. The highest BCUT2D eigenvalue weighted by Gasteiger charge is 2.30. The summed E-state index contributed by atoms with van der Waals surface area (Å²) in [4.78, 5) is 23.8. The average Bonchev–Trinajstić information content (AvgIpc) is 3.07. The fraction of sp³-hybridized carbons (Fsp3) is 0.333. The molecule has 7 heteroatoms. The van der Waals surface area contributed by atoms with Gasteiger partial charge in [0.2, 0.25) is 5.88 Å². The Labute approximate surface area is 164 Å². The largest absolute Gasteiger partial charge is 0.437 e. The standard InChI is InChI=1S/C21H23N5O2/c1-15-18(13-24-25(15)2)21(27)26-12-6-7-16(14-26)19-20(23-11-10-22-19)28-17-8-4-3-5-9-17/h3-5,8-11,13,16H,6-7,12,14H2,1-2H3. The Morgan fingerprint density at radius 3 is 2.71 bits per heavy atom. The summed E-state index contributed by atoms with van der Waals surface area (Å²) in [6.45, 7) is 3.24. The molecule has 0 spiro atoms. The summed E-state index contributed by atoms with van der Waals surface area (Å²) in [5.74, 6) is 1.33. The van der Waals surface area contributed by atoms with Crippen molar-refractivity contribution < 1.29 is 9.53 Å². The Morgan fingerprint density at radius 2 is 1.96 bits per heavy atom. The predicted octanol–water partition coefficient (Wildman–Crippen LogP) is 3.33. The number of ether oxygens (including phenoxy) is 1. The molecule has 0 radical (unpaired) electrons. The summed E-state index contributed by atoms with van der Waals surface area (Å²) in [7, 11) is 1.85. The second kappa shape index (κ2) is 7.80. The highest BCUT2D eigenvalue weighted by molar-refractivity contribution is 5.95. The SMILES string of the molecule is Cc1c(C(=O)N2CCCC(c3nccnc3Oc3ccccc3)C2)cnn1C. The van der Waals surface area contributed by atoms with Gasteiger partial charge in [-0.05, 0) is 31.9 Å². The Balaban J connectivity index is 1.55. The number of benzene rings is 1. The van der Waals surface area contributed by atoms with E-state index >= 15 is 0 Å². The van der Waals surface area contributed by atoms with Gasteiger partial charge in [0.15, 0.2) is 0 Å². The molecule has 1 aliphatic heterocycles. The van der Waals surface area contributed by atoms with Crippen LogP contribution in [0.1, 0.15) is 40.5 Å². The van der Waals surface area contributed by atoms with Crippen molar-refractivity contribution in [2.75, 3.05) is 13.1 Å². The van der Waals surface area contributed by atoms with Gasteiger partial charge in [-0.3, -0.25) is 14.5 Å². The third kappa shape index (κ3) is 3.60. The molecule has 1 saturated heterocycles. The van der Waals surface area contributed by atoms with Crippen LogP contribution in [0.3, 0.4) is 0 Å². The van der Waals surface area contributed by atoms with Crippen molar-refractivity contribution in [3.05, 3.63) is 65.9 Å². The molecule has 1 atom stereocenters. The van der Waals surface area contributed by atoms with E-state index in [0.29, 0.717) is 18.0 Å². The Bertz CT molecular complexity index is 970. The van der Waals surface area contributed by atoms with Crippen molar-refractivity contribution in [1.82, 2.24) is 24.6 Å². The molecule has 4 rings (SSSR count). The number of hydrogen-bond acceptors (Lipinski definition) is 5. The molecule has 1 amide bonds. The lowest BCUT2D eigenvalue weighted by atomic mass is 9.94. The number of amides is 1. The molecule has 0 N–H and O–H groups in total. The maximum Gasteiger partial charge on any atom is 0.257 e. The van der Waals surface area contributed by atoms with Crippen LogP contribution >= 0.6 is 0 Å². The second-order valence-electron chi connectivity index (χ2n) is 7.02. The third-order valence-corrected chi connectivity index (χ3v) is 5.21. The lowest BCUT2D eigenvalue weighted by molar-refractivity contribution is 0.0704. The van der Waals surface area contributed by atoms with Crippen LogP contribution in [0.25, 0.3) is 0 Å². The summed E-state index contributed by atoms with van der Waals surface area (Å²) in [6.07, 6.45) is 6.82. The lowest BCUT2D eigenvalue weighted by Gasteiger charge is -2.32. The molecule has 28 heavy (non-hydrogen) atoms. The minimum absolute atomic E-state index is 0.0183. The molecule has 1 aliphatic rings. The van der Waals surface area contributed by atoms with Crippen LogP contribution in [0.2, 0.25) is 0 Å². The Hall–Kier alpha value is -3.22. The first-order valence-electron chi connectivity index (χ1n) is 9.45. The number of rotatable bonds is 4. The molecule has 144 valence electrons. The van der Waals surface area contributed by atoms with Gasteiger partial charge in [-0.1, -0.05) is 18.2 Å². The van der Waals surface area contributed by atoms with E-state index in [4.69, 9.17) is 4.74 Å². The molecular weight excluding hydrogens is 354 g/mol. The molecule has 0 aliphatic carbocycles. The normalized spacial score (nSPS) is 16.8. The van der Waals surface area contributed by atoms with Crippen LogP contribution < -0.4 is 4.74 Å². The lowest BCUT2D eigenvalue weighted by Crippen LogP contribution is -2.39. The molecule has 1 aromatic carbocycles. The van der Waals surface area contributed by atoms with Crippen LogP contribution in [-0.2, 0) is 7.05 Å². The van der Waals surface area contributed by atoms with Crippen molar-refractivity contribution in [1.29, 1.82) is 0 Å². The van der Waals surface area contributed by atoms with Crippen LogP contribution in [0.15, 0.2) is 48.9 Å². The number of likely N-dealkylation sites (tertiary alicyclic amines) is 1. The van der Waals surface area contributed by atoms with E-state index in [2.05, 4.69) is 15.1 Å². The van der Waals surface area contributed by atoms with E-state index in [1.807, 2.05) is 49.2 Å². The van der Waals surface area contributed by atoms with Gasteiger partial charge in [0.05, 0.1) is 11.8 Å². The number of aromatic nitrogens is 4. The number of hydrogen-bond donors (Lipinski definition) is 0. The number of aryl methyl sites for hydroxylation is 1. The van der Waals surface area contributed by atoms with Crippen molar-refractivity contribution in [3.63, 3.8) is 0 Å². The van der Waals surface area contributed by atoms with Crippen LogP contribution in [0, 0.1) is 6.92 Å². The zero-order valence-corrected chi connectivity index (χ0v) is 16.1. The smallest absolute Gasteiger partial charge is 0.257 e. The average molecular weight is 377 g/mol. The molecule has 2 aromatic heterocycles. The van der Waals surface area contributed by atoms with E-state index in [1.54, 1.807) is 23.3 Å². The maximum absolute atomic E-state index is 13.0. The third-order valence-electron chi connectivity index (χ3n) is 5.21. The minimum Gasteiger partial charge on any atom is -0.437 e. The van der Waals surface area contributed by atoms with Gasteiger partial charge in [0.25, 0.3) is 5.91 Å². The van der Waals surface area contributed by atoms with Crippen molar-refractivity contribution in [2.45, 2.75) is 25.7 Å². The number of para-hydroxylation sites is 1. The highest BCUT2D eigenvalue weighted by atomic mass is 16.5. The van der Waals surface area contributed by atoms with Crippen LogP contribution in [-0.4, -0.2) is 43.6 Å². The number of nitrogens with zero attached hydrogens (tertiary/aromatic N) is 5. The van der Waals surface area contributed by atoms with Gasteiger partial charge in [-0.2, -0.15) is 5.10 Å². The second-order valence-corrected chi connectivity index (χ2v) is 7.02. The van der Waals surface area contributed by atoms with Gasteiger partial charge in [0, 0.05) is 44.1 Å². The maximum atomic E-state index is 13.0. The van der Waals surface area contributed by atoms with Crippen LogP contribution in [0.4, 0.5) is 0 Å². The van der Waals surface area contributed by atoms with Crippen molar-refractivity contribution >= 4 is 5.91 Å². The monoisotopic (exact) mass is 377 g/mol. The zero-order valence-electron chi connectivity index (χ0n) is 16.1. The van der Waals surface area contributed by atoms with Gasteiger partial charge in [0.1, 0.15) is 11.4 Å². The van der Waals surface area contributed by atoms with Crippen LogP contribution in [0.5, 0.6) is 11.6 Å². The fourth-order valence-electron chi connectivity index (χ4n) is 3.56.